The van der Waals surface area contributed by atoms with Crippen LogP contribution in [0.1, 0.15) is 41.5 Å². The topological polar surface area (TPSA) is 59.6 Å². The maximum atomic E-state index is 14.0. The van der Waals surface area contributed by atoms with Gasteiger partial charge >= 0.3 is 6.18 Å². The number of carbonyl (C=O) groups is 1. The molecule has 2 aliphatic rings. The number of ether oxygens (including phenoxy) is 2. The number of ketones is 1. The van der Waals surface area contributed by atoms with Crippen LogP contribution >= 0.6 is 0 Å². The number of allylic oxidation sites excluding steroid dienone is 1. The largest absolute Gasteiger partial charge is 0.493 e. The zero-order valence-electron chi connectivity index (χ0n) is 19.8. The van der Waals surface area contributed by atoms with Crippen LogP contribution in [0.2, 0.25) is 0 Å². The van der Waals surface area contributed by atoms with Crippen molar-refractivity contribution in [1.29, 1.82) is 0 Å². The van der Waals surface area contributed by atoms with E-state index in [2.05, 4.69) is 10.6 Å². The number of fused-ring (bicyclic) bond motifs is 1. The van der Waals surface area contributed by atoms with Gasteiger partial charge in [0.05, 0.1) is 37.2 Å². The van der Waals surface area contributed by atoms with Crippen molar-refractivity contribution in [3.63, 3.8) is 0 Å². The average molecular weight is 495 g/mol. The van der Waals surface area contributed by atoms with Gasteiger partial charge in [-0.3, -0.25) is 4.79 Å². The Morgan fingerprint density at radius 2 is 1.56 bits per heavy atom. The predicted octanol–water partition coefficient (Wildman–Crippen LogP) is 6.70. The van der Waals surface area contributed by atoms with Crippen LogP contribution in [-0.4, -0.2) is 20.0 Å². The summed E-state index contributed by atoms with van der Waals surface area (Å²) in [5.41, 5.74) is 2.44. The maximum Gasteiger partial charge on any atom is 0.416 e. The van der Waals surface area contributed by atoms with Crippen LogP contribution in [0.5, 0.6) is 11.5 Å². The summed E-state index contributed by atoms with van der Waals surface area (Å²) in [5.74, 6) is 0.760. The van der Waals surface area contributed by atoms with Gasteiger partial charge in [-0.25, -0.2) is 0 Å². The Kier molecular flexibility index (Phi) is 6.12. The fraction of sp³-hybridized carbons (Fsp3) is 0.250. The standard InChI is InChI=1S/C28H25F3N2O3/c1-35-24-12-11-16(15-25(24)36-2)17-13-22-26(23(34)14-17)27(33-21-10-6-5-9-20(21)32-22)18-7-3-4-8-19(18)28(29,30)31/h3-12,15,17,27,32-33H,13-14H2,1-2H3/t17-,27-/m1/s1. The number of methoxy groups -OCH3 is 2. The summed E-state index contributed by atoms with van der Waals surface area (Å²) in [6.45, 7) is 0. The molecular formula is C28H25F3N2O3. The molecule has 1 heterocycles. The molecule has 2 N–H and O–H groups in total. The summed E-state index contributed by atoms with van der Waals surface area (Å²) in [6.07, 6.45) is -3.94. The SMILES string of the molecule is COc1ccc([C@H]2CC(=O)C3=C(C2)Nc2ccccc2N[C@@H]3c2ccccc2C(F)(F)F)cc1OC. The first-order chi connectivity index (χ1) is 17.3. The van der Waals surface area contributed by atoms with Gasteiger partial charge in [-0.1, -0.05) is 36.4 Å². The molecule has 5 rings (SSSR count). The molecule has 3 aromatic rings. The van der Waals surface area contributed by atoms with Crippen LogP contribution in [0.4, 0.5) is 24.5 Å². The molecule has 0 bridgehead atoms. The van der Waals surface area contributed by atoms with Crippen molar-refractivity contribution >= 4 is 17.2 Å². The third-order valence-electron chi connectivity index (χ3n) is 6.77. The smallest absolute Gasteiger partial charge is 0.416 e. The second-order valence-corrected chi connectivity index (χ2v) is 8.87. The van der Waals surface area contributed by atoms with E-state index in [-0.39, 0.29) is 23.7 Å². The molecule has 186 valence electrons. The quantitative estimate of drug-likeness (QED) is 0.423. The monoisotopic (exact) mass is 494 g/mol. The lowest BCUT2D eigenvalue weighted by molar-refractivity contribution is -0.138. The van der Waals surface area contributed by atoms with Crippen LogP contribution in [0.25, 0.3) is 0 Å². The minimum atomic E-state index is -4.56. The summed E-state index contributed by atoms with van der Waals surface area (Å²) in [6, 6.07) is 17.3. The van der Waals surface area contributed by atoms with Crippen LogP contribution < -0.4 is 20.1 Å². The highest BCUT2D eigenvalue weighted by atomic mass is 19.4. The fourth-order valence-electron chi connectivity index (χ4n) is 5.07. The van der Waals surface area contributed by atoms with Gasteiger partial charge in [0.25, 0.3) is 0 Å². The first kappa shape index (κ1) is 23.8. The van der Waals surface area contributed by atoms with Crippen LogP contribution in [0.3, 0.4) is 0 Å². The first-order valence-electron chi connectivity index (χ1n) is 11.6. The van der Waals surface area contributed by atoms with Crippen molar-refractivity contribution in [2.24, 2.45) is 0 Å². The van der Waals surface area contributed by atoms with Gasteiger partial charge in [0, 0.05) is 17.7 Å². The van der Waals surface area contributed by atoms with Gasteiger partial charge in [-0.15, -0.1) is 0 Å². The second-order valence-electron chi connectivity index (χ2n) is 8.87. The highest BCUT2D eigenvalue weighted by Crippen LogP contribution is 2.47. The molecule has 1 aliphatic heterocycles. The highest BCUT2D eigenvalue weighted by Gasteiger charge is 2.41. The Labute approximate surface area is 206 Å². The maximum absolute atomic E-state index is 14.0. The number of para-hydroxylation sites is 2. The average Bonchev–Trinajstić information content (AvgIpc) is 3.04. The molecule has 0 fully saturated rings. The lowest BCUT2D eigenvalue weighted by Crippen LogP contribution is -2.28. The lowest BCUT2D eigenvalue weighted by atomic mass is 9.78. The Hall–Kier alpha value is -3.94. The van der Waals surface area contributed by atoms with Gasteiger partial charge in [0.1, 0.15) is 0 Å². The first-order valence-corrected chi connectivity index (χ1v) is 11.6. The molecule has 0 aromatic heterocycles. The molecule has 1 aliphatic carbocycles. The van der Waals surface area contributed by atoms with Crippen molar-refractivity contribution < 1.29 is 27.4 Å². The van der Waals surface area contributed by atoms with E-state index in [1.807, 2.05) is 24.3 Å². The van der Waals surface area contributed by atoms with Gasteiger partial charge in [0.15, 0.2) is 17.3 Å². The molecule has 0 saturated heterocycles. The Balaban J connectivity index is 1.62. The summed E-state index contributed by atoms with van der Waals surface area (Å²) < 4.78 is 52.7. The molecule has 0 unspecified atom stereocenters. The van der Waals surface area contributed by atoms with Crippen molar-refractivity contribution in [2.75, 3.05) is 24.9 Å². The van der Waals surface area contributed by atoms with E-state index in [4.69, 9.17) is 9.47 Å². The van der Waals surface area contributed by atoms with Gasteiger partial charge in [0.2, 0.25) is 0 Å². The van der Waals surface area contributed by atoms with Crippen molar-refractivity contribution in [1.82, 2.24) is 0 Å². The molecule has 0 amide bonds. The number of rotatable bonds is 4. The number of Topliss-reactive ketones (excluding diaryl/α,β-unsaturated/α-hetero) is 1. The van der Waals surface area contributed by atoms with Crippen LogP contribution in [0, 0.1) is 0 Å². The third kappa shape index (κ3) is 4.27. The molecular weight excluding hydrogens is 469 g/mol. The van der Waals surface area contributed by atoms with E-state index >= 15 is 0 Å². The number of anilines is 2. The van der Waals surface area contributed by atoms with Crippen LogP contribution in [0.15, 0.2) is 78.0 Å². The van der Waals surface area contributed by atoms with Gasteiger partial charge < -0.3 is 20.1 Å². The number of hydrogen-bond acceptors (Lipinski definition) is 5. The van der Waals surface area contributed by atoms with E-state index in [9.17, 15) is 18.0 Å². The number of halogens is 3. The number of hydrogen-bond donors (Lipinski definition) is 2. The Morgan fingerprint density at radius 3 is 2.28 bits per heavy atom. The minimum Gasteiger partial charge on any atom is -0.493 e. The van der Waals surface area contributed by atoms with Gasteiger partial charge in [-0.05, 0) is 53.8 Å². The summed E-state index contributed by atoms with van der Waals surface area (Å²) >= 11 is 0. The predicted molar refractivity (Wildman–Crippen MR) is 131 cm³/mol. The minimum absolute atomic E-state index is 0.0221. The van der Waals surface area contributed by atoms with Crippen molar-refractivity contribution in [3.05, 3.63) is 94.7 Å². The van der Waals surface area contributed by atoms with Crippen molar-refractivity contribution in [2.45, 2.75) is 31.0 Å². The third-order valence-corrected chi connectivity index (χ3v) is 6.77. The van der Waals surface area contributed by atoms with Crippen molar-refractivity contribution in [3.8, 4) is 11.5 Å². The number of alkyl halides is 3. The molecule has 0 spiro atoms. The van der Waals surface area contributed by atoms with Gasteiger partial charge in [-0.2, -0.15) is 13.2 Å². The normalized spacial score (nSPS) is 19.4. The molecule has 0 radical (unpaired) electrons. The fourth-order valence-corrected chi connectivity index (χ4v) is 5.07. The summed E-state index contributed by atoms with van der Waals surface area (Å²) in [5, 5.41) is 6.59. The highest BCUT2D eigenvalue weighted by molar-refractivity contribution is 6.01. The molecule has 36 heavy (non-hydrogen) atoms. The molecule has 2 atom stereocenters. The molecule has 8 heteroatoms. The van der Waals surface area contributed by atoms with E-state index in [0.717, 1.165) is 11.6 Å². The lowest BCUT2D eigenvalue weighted by Gasteiger charge is -2.31. The van der Waals surface area contributed by atoms with E-state index in [0.29, 0.717) is 40.6 Å². The number of nitrogens with one attached hydrogen (secondary N) is 2. The Bertz CT molecular complexity index is 1350. The summed E-state index contributed by atoms with van der Waals surface area (Å²) in [4.78, 5) is 13.7. The molecule has 5 nitrogen and oxygen atoms in total. The Morgan fingerprint density at radius 1 is 0.861 bits per heavy atom. The number of benzene rings is 3. The van der Waals surface area contributed by atoms with E-state index in [1.54, 1.807) is 38.5 Å². The number of carbonyl (C=O) groups excluding carboxylic acids is 1. The van der Waals surface area contributed by atoms with E-state index < -0.39 is 17.8 Å². The molecule has 3 aromatic carbocycles. The van der Waals surface area contributed by atoms with Crippen LogP contribution in [-0.2, 0) is 11.0 Å². The zero-order valence-corrected chi connectivity index (χ0v) is 19.8. The zero-order chi connectivity index (χ0) is 25.4. The second kappa shape index (κ2) is 9.26. The summed E-state index contributed by atoms with van der Waals surface area (Å²) in [7, 11) is 3.10. The molecule has 0 saturated carbocycles. The van der Waals surface area contributed by atoms with E-state index in [1.165, 1.54) is 12.1 Å².